The zero-order chi connectivity index (χ0) is 22.6. The van der Waals surface area contributed by atoms with Crippen molar-refractivity contribution in [3.63, 3.8) is 0 Å². The number of carbonyl (C=O) groups excluding carboxylic acids is 1. The molecule has 1 unspecified atom stereocenters. The van der Waals surface area contributed by atoms with Crippen molar-refractivity contribution in [1.82, 2.24) is 4.90 Å². The van der Waals surface area contributed by atoms with E-state index < -0.39 is 6.10 Å². The Bertz CT molecular complexity index is 934. The summed E-state index contributed by atoms with van der Waals surface area (Å²) in [7, 11) is 1.51. The summed E-state index contributed by atoms with van der Waals surface area (Å²) in [6.45, 7) is 4.49. The van der Waals surface area contributed by atoms with E-state index in [4.69, 9.17) is 19.5 Å². The molecule has 164 valence electrons. The number of ether oxygens (including phenoxy) is 3. The summed E-state index contributed by atoms with van der Waals surface area (Å²) < 4.78 is 16.3. The summed E-state index contributed by atoms with van der Waals surface area (Å²) in [6, 6.07) is 14.6. The lowest BCUT2D eigenvalue weighted by molar-refractivity contribution is -0.127. The van der Waals surface area contributed by atoms with Gasteiger partial charge in [-0.15, -0.1) is 0 Å². The first-order chi connectivity index (χ1) is 15.0. The quantitative estimate of drug-likeness (QED) is 0.556. The molecule has 0 aliphatic rings. The van der Waals surface area contributed by atoms with Crippen LogP contribution in [-0.2, 0) is 11.3 Å². The van der Waals surface area contributed by atoms with E-state index in [1.165, 1.54) is 13.2 Å². The Hall–Kier alpha value is -3.50. The van der Waals surface area contributed by atoms with Crippen LogP contribution in [0.15, 0.2) is 48.5 Å². The molecule has 0 radical (unpaired) electrons. The van der Waals surface area contributed by atoms with Gasteiger partial charge in [0.25, 0.3) is 0 Å². The molecule has 0 aliphatic carbocycles. The first-order valence-corrected chi connectivity index (χ1v) is 10.0. The normalized spacial score (nSPS) is 11.6. The summed E-state index contributed by atoms with van der Waals surface area (Å²) >= 11 is 0. The topological polar surface area (TPSA) is 92.0 Å². The number of hydrogen-bond donors (Lipinski definition) is 1. The number of methoxy groups -OCH3 is 1. The smallest absolute Gasteiger partial charge is 0.246 e. The third-order valence-electron chi connectivity index (χ3n) is 4.33. The fourth-order valence-electron chi connectivity index (χ4n) is 2.98. The third kappa shape index (κ3) is 7.36. The summed E-state index contributed by atoms with van der Waals surface area (Å²) in [5.74, 6) is 1.40. The second kappa shape index (κ2) is 12.3. The highest BCUT2D eigenvalue weighted by atomic mass is 16.5. The van der Waals surface area contributed by atoms with Crippen molar-refractivity contribution in [3.8, 4) is 23.3 Å². The Labute approximate surface area is 183 Å². The molecule has 0 saturated carbocycles. The Morgan fingerprint density at radius 3 is 2.65 bits per heavy atom. The van der Waals surface area contributed by atoms with Crippen LogP contribution in [0.2, 0.25) is 0 Å². The molecule has 0 aliphatic heterocycles. The first-order valence-electron chi connectivity index (χ1n) is 10.0. The maximum absolute atomic E-state index is 12.9. The highest BCUT2D eigenvalue weighted by molar-refractivity contribution is 5.92. The molecule has 0 aromatic heterocycles. The van der Waals surface area contributed by atoms with Gasteiger partial charge in [0.2, 0.25) is 5.91 Å². The van der Waals surface area contributed by atoms with Crippen molar-refractivity contribution in [2.45, 2.75) is 26.5 Å². The van der Waals surface area contributed by atoms with E-state index in [-0.39, 0.29) is 19.1 Å². The van der Waals surface area contributed by atoms with Gasteiger partial charge in [-0.05, 0) is 43.7 Å². The number of nitrogens with zero attached hydrogens (tertiary/aromatic N) is 2. The Morgan fingerprint density at radius 2 is 1.97 bits per heavy atom. The molecule has 31 heavy (non-hydrogen) atoms. The van der Waals surface area contributed by atoms with E-state index >= 15 is 0 Å². The number of nitriles is 1. The summed E-state index contributed by atoms with van der Waals surface area (Å²) in [4.78, 5) is 14.5. The van der Waals surface area contributed by atoms with Crippen LogP contribution in [-0.4, -0.2) is 48.9 Å². The van der Waals surface area contributed by atoms with Gasteiger partial charge in [0.05, 0.1) is 19.8 Å². The molecule has 1 amide bonds. The van der Waals surface area contributed by atoms with Gasteiger partial charge < -0.3 is 24.2 Å². The molecule has 2 aromatic carbocycles. The van der Waals surface area contributed by atoms with Gasteiger partial charge in [-0.2, -0.15) is 5.26 Å². The highest BCUT2D eigenvalue weighted by Crippen LogP contribution is 2.28. The maximum atomic E-state index is 12.9. The van der Waals surface area contributed by atoms with E-state index in [9.17, 15) is 9.90 Å². The standard InChI is InChI=1S/C24H28N2O5/c1-4-30-21-8-6-5-7-20(21)17-26(16-18(2)27)24(28)12-10-19-9-11-22(31-14-13-25)23(15-19)29-3/h5-12,15,18,27H,4,14,16-17H2,1-3H3. The molecule has 7 nitrogen and oxygen atoms in total. The van der Waals surface area contributed by atoms with Crippen LogP contribution in [0.4, 0.5) is 0 Å². The van der Waals surface area contributed by atoms with E-state index in [1.807, 2.05) is 37.3 Å². The Kier molecular flexibility index (Phi) is 9.40. The lowest BCUT2D eigenvalue weighted by atomic mass is 10.1. The van der Waals surface area contributed by atoms with Gasteiger partial charge in [0.15, 0.2) is 18.1 Å². The van der Waals surface area contributed by atoms with Gasteiger partial charge in [0.1, 0.15) is 11.8 Å². The average Bonchev–Trinajstić information content (AvgIpc) is 2.76. The third-order valence-corrected chi connectivity index (χ3v) is 4.33. The molecule has 0 fully saturated rings. The lowest BCUT2D eigenvalue weighted by Gasteiger charge is -2.24. The zero-order valence-corrected chi connectivity index (χ0v) is 18.1. The molecular weight excluding hydrogens is 396 g/mol. The fraction of sp³-hybridized carbons (Fsp3) is 0.333. The van der Waals surface area contributed by atoms with Crippen LogP contribution in [0.3, 0.4) is 0 Å². The maximum Gasteiger partial charge on any atom is 0.246 e. The number of aliphatic hydroxyl groups is 1. The van der Waals surface area contributed by atoms with Crippen LogP contribution < -0.4 is 14.2 Å². The second-order valence-corrected chi connectivity index (χ2v) is 6.80. The van der Waals surface area contributed by atoms with Gasteiger partial charge in [-0.1, -0.05) is 24.3 Å². The molecule has 0 heterocycles. The monoisotopic (exact) mass is 424 g/mol. The molecule has 0 spiro atoms. The predicted octanol–water partition coefficient (Wildman–Crippen LogP) is 3.42. The molecule has 1 atom stereocenters. The number of carbonyl (C=O) groups is 1. The van der Waals surface area contributed by atoms with Crippen LogP contribution in [0.25, 0.3) is 6.08 Å². The first kappa shape index (κ1) is 23.8. The number of hydrogen-bond acceptors (Lipinski definition) is 6. The largest absolute Gasteiger partial charge is 0.494 e. The number of para-hydroxylation sites is 1. The van der Waals surface area contributed by atoms with E-state index in [2.05, 4.69) is 0 Å². The molecule has 7 heteroatoms. The van der Waals surface area contributed by atoms with Crippen molar-refractivity contribution in [1.29, 1.82) is 5.26 Å². The summed E-state index contributed by atoms with van der Waals surface area (Å²) in [6.07, 6.45) is 2.45. The van der Waals surface area contributed by atoms with Crippen LogP contribution in [0, 0.1) is 11.3 Å². The number of aliphatic hydroxyl groups excluding tert-OH is 1. The minimum atomic E-state index is -0.673. The van der Waals surface area contributed by atoms with Gasteiger partial charge in [0, 0.05) is 24.7 Å². The molecule has 0 saturated heterocycles. The molecule has 2 rings (SSSR count). The minimum absolute atomic E-state index is 0.0818. The van der Waals surface area contributed by atoms with Gasteiger partial charge >= 0.3 is 0 Å². The SMILES string of the molecule is CCOc1ccccc1CN(CC(C)O)C(=O)C=Cc1ccc(OCC#N)c(OC)c1. The number of amides is 1. The van der Waals surface area contributed by atoms with Crippen LogP contribution >= 0.6 is 0 Å². The van der Waals surface area contributed by atoms with E-state index in [1.54, 1.807) is 36.1 Å². The molecule has 0 bridgehead atoms. The Balaban J connectivity index is 2.19. The predicted molar refractivity (Wildman–Crippen MR) is 118 cm³/mol. The van der Waals surface area contributed by atoms with Crippen molar-refractivity contribution in [3.05, 3.63) is 59.7 Å². The van der Waals surface area contributed by atoms with Gasteiger partial charge in [-0.3, -0.25) is 4.79 Å². The highest BCUT2D eigenvalue weighted by Gasteiger charge is 2.16. The number of benzene rings is 2. The van der Waals surface area contributed by atoms with E-state index in [0.29, 0.717) is 24.7 Å². The van der Waals surface area contributed by atoms with Crippen molar-refractivity contribution in [2.75, 3.05) is 26.9 Å². The summed E-state index contributed by atoms with van der Waals surface area (Å²) in [5, 5.41) is 18.5. The molecular formula is C24H28N2O5. The van der Waals surface area contributed by atoms with Crippen LogP contribution in [0.5, 0.6) is 17.2 Å². The van der Waals surface area contributed by atoms with Crippen molar-refractivity contribution in [2.24, 2.45) is 0 Å². The zero-order valence-electron chi connectivity index (χ0n) is 18.1. The average molecular weight is 424 g/mol. The van der Waals surface area contributed by atoms with Crippen molar-refractivity contribution >= 4 is 12.0 Å². The summed E-state index contributed by atoms with van der Waals surface area (Å²) in [5.41, 5.74) is 1.61. The molecule has 1 N–H and O–H groups in total. The number of rotatable bonds is 11. The van der Waals surface area contributed by atoms with Crippen LogP contribution in [0.1, 0.15) is 25.0 Å². The Morgan fingerprint density at radius 1 is 1.19 bits per heavy atom. The second-order valence-electron chi connectivity index (χ2n) is 6.80. The lowest BCUT2D eigenvalue weighted by Crippen LogP contribution is -2.35. The van der Waals surface area contributed by atoms with Gasteiger partial charge in [-0.25, -0.2) is 0 Å². The fourth-order valence-corrected chi connectivity index (χ4v) is 2.98. The molecule has 2 aromatic rings. The minimum Gasteiger partial charge on any atom is -0.494 e. The van der Waals surface area contributed by atoms with E-state index in [0.717, 1.165) is 16.9 Å². The van der Waals surface area contributed by atoms with Crippen molar-refractivity contribution < 1.29 is 24.1 Å².